The minimum absolute atomic E-state index is 0.00259. The molecule has 1 aromatic carbocycles. The number of rotatable bonds is 5. The van der Waals surface area contributed by atoms with E-state index in [1.165, 1.54) is 12.8 Å². The number of nitrogens with zero attached hydrogens (tertiary/aromatic N) is 1. The lowest BCUT2D eigenvalue weighted by atomic mass is 10.1. The number of hydrogen-bond acceptors (Lipinski definition) is 2. The molecule has 0 aliphatic heterocycles. The maximum absolute atomic E-state index is 12.3. The summed E-state index contributed by atoms with van der Waals surface area (Å²) in [6.07, 6.45) is 4.55. The number of hydrogen-bond donors (Lipinski definition) is 2. The van der Waals surface area contributed by atoms with Gasteiger partial charge in [0.2, 0.25) is 0 Å². The van der Waals surface area contributed by atoms with Crippen molar-refractivity contribution in [2.45, 2.75) is 45.1 Å². The third kappa shape index (κ3) is 4.21. The van der Waals surface area contributed by atoms with E-state index in [0.29, 0.717) is 18.3 Å². The summed E-state index contributed by atoms with van der Waals surface area (Å²) in [6.45, 7) is 2.70. The van der Waals surface area contributed by atoms with E-state index < -0.39 is 5.97 Å². The number of carbonyl (C=O) groups excluding carboxylic acids is 1. The summed E-state index contributed by atoms with van der Waals surface area (Å²) in [5.41, 5.74) is 1.43. The van der Waals surface area contributed by atoms with Gasteiger partial charge in [0, 0.05) is 18.3 Å². The Morgan fingerprint density at radius 1 is 1.24 bits per heavy atom. The maximum atomic E-state index is 12.3. The van der Waals surface area contributed by atoms with Crippen molar-refractivity contribution in [3.63, 3.8) is 0 Å². The molecule has 0 saturated heterocycles. The van der Waals surface area contributed by atoms with Crippen LogP contribution in [0.15, 0.2) is 24.3 Å². The average molecular weight is 290 g/mol. The molecule has 2 amide bonds. The summed E-state index contributed by atoms with van der Waals surface area (Å²) < 4.78 is 0. The molecule has 5 heteroatoms. The molecule has 21 heavy (non-hydrogen) atoms. The first-order valence-electron chi connectivity index (χ1n) is 7.48. The minimum Gasteiger partial charge on any atom is -0.481 e. The lowest BCUT2D eigenvalue weighted by molar-refractivity contribution is -0.136. The van der Waals surface area contributed by atoms with Crippen LogP contribution in [0.4, 0.5) is 10.5 Å². The second kappa shape index (κ2) is 7.11. The predicted molar refractivity (Wildman–Crippen MR) is 81.4 cm³/mol. The third-order valence-corrected chi connectivity index (χ3v) is 3.93. The zero-order chi connectivity index (χ0) is 15.2. The molecule has 2 N–H and O–H groups in total. The van der Waals surface area contributed by atoms with Crippen LogP contribution in [0.3, 0.4) is 0 Å². The number of carbonyl (C=O) groups is 2. The topological polar surface area (TPSA) is 69.6 Å². The summed E-state index contributed by atoms with van der Waals surface area (Å²) in [5, 5.41) is 11.6. The molecule has 1 fully saturated rings. The van der Waals surface area contributed by atoms with Crippen LogP contribution in [0.1, 0.15) is 38.2 Å². The molecule has 0 unspecified atom stereocenters. The van der Waals surface area contributed by atoms with Gasteiger partial charge in [-0.25, -0.2) is 4.79 Å². The third-order valence-electron chi connectivity index (χ3n) is 3.93. The van der Waals surface area contributed by atoms with Crippen molar-refractivity contribution in [1.29, 1.82) is 0 Å². The van der Waals surface area contributed by atoms with Crippen LogP contribution in [0.25, 0.3) is 0 Å². The van der Waals surface area contributed by atoms with Crippen LogP contribution in [-0.2, 0) is 11.2 Å². The predicted octanol–water partition coefficient (Wildman–Crippen LogP) is 3.11. The van der Waals surface area contributed by atoms with E-state index in [4.69, 9.17) is 5.11 Å². The van der Waals surface area contributed by atoms with E-state index in [1.54, 1.807) is 24.3 Å². The highest BCUT2D eigenvalue weighted by molar-refractivity contribution is 5.89. The number of amides is 2. The zero-order valence-electron chi connectivity index (χ0n) is 12.3. The Hall–Kier alpha value is -2.04. The molecular formula is C16H22N2O3. The highest BCUT2D eigenvalue weighted by Gasteiger charge is 2.25. The number of carboxylic acids is 1. The van der Waals surface area contributed by atoms with Gasteiger partial charge in [-0.1, -0.05) is 25.0 Å². The fourth-order valence-corrected chi connectivity index (χ4v) is 2.86. The standard InChI is InChI=1S/C16H22N2O3/c1-2-18(14-5-3-4-6-14)16(21)17-13-9-7-12(8-10-13)11-15(19)20/h7-10,14H,2-6,11H2,1H3,(H,17,21)(H,19,20). The Bertz CT molecular complexity index is 493. The van der Waals surface area contributed by atoms with E-state index in [1.807, 2.05) is 11.8 Å². The second-order valence-corrected chi connectivity index (χ2v) is 5.42. The van der Waals surface area contributed by atoms with Crippen molar-refractivity contribution in [3.8, 4) is 0 Å². The molecule has 0 bridgehead atoms. The van der Waals surface area contributed by atoms with Gasteiger partial charge < -0.3 is 15.3 Å². The molecule has 5 nitrogen and oxygen atoms in total. The van der Waals surface area contributed by atoms with Crippen molar-refractivity contribution in [1.82, 2.24) is 4.90 Å². The molecule has 1 aromatic rings. The molecule has 0 spiro atoms. The van der Waals surface area contributed by atoms with Crippen molar-refractivity contribution >= 4 is 17.7 Å². The van der Waals surface area contributed by atoms with Crippen molar-refractivity contribution in [2.75, 3.05) is 11.9 Å². The molecule has 1 saturated carbocycles. The van der Waals surface area contributed by atoms with Crippen LogP contribution < -0.4 is 5.32 Å². The van der Waals surface area contributed by atoms with E-state index in [2.05, 4.69) is 5.32 Å². The Labute approximate surface area is 125 Å². The highest BCUT2D eigenvalue weighted by Crippen LogP contribution is 2.24. The number of nitrogens with one attached hydrogen (secondary N) is 1. The highest BCUT2D eigenvalue weighted by atomic mass is 16.4. The van der Waals surface area contributed by atoms with Gasteiger partial charge in [0.25, 0.3) is 0 Å². The van der Waals surface area contributed by atoms with Crippen molar-refractivity contribution in [3.05, 3.63) is 29.8 Å². The smallest absolute Gasteiger partial charge is 0.322 e. The fraction of sp³-hybridized carbons (Fsp3) is 0.500. The molecule has 0 atom stereocenters. The Balaban J connectivity index is 1.96. The van der Waals surface area contributed by atoms with Crippen LogP contribution >= 0.6 is 0 Å². The summed E-state index contributed by atoms with van der Waals surface area (Å²) in [5.74, 6) is -0.856. The van der Waals surface area contributed by atoms with Gasteiger partial charge in [0.1, 0.15) is 0 Å². The minimum atomic E-state index is -0.856. The molecule has 1 aliphatic rings. The van der Waals surface area contributed by atoms with Gasteiger partial charge in [-0.05, 0) is 37.5 Å². The van der Waals surface area contributed by atoms with E-state index in [-0.39, 0.29) is 12.5 Å². The first kappa shape index (κ1) is 15.4. The molecule has 0 aromatic heterocycles. The second-order valence-electron chi connectivity index (χ2n) is 5.42. The van der Waals surface area contributed by atoms with Gasteiger partial charge in [-0.2, -0.15) is 0 Å². The largest absolute Gasteiger partial charge is 0.481 e. The van der Waals surface area contributed by atoms with Gasteiger partial charge in [0.05, 0.1) is 6.42 Å². The lowest BCUT2D eigenvalue weighted by Gasteiger charge is -2.27. The first-order chi connectivity index (χ1) is 10.1. The zero-order valence-corrected chi connectivity index (χ0v) is 12.3. The Morgan fingerprint density at radius 3 is 2.38 bits per heavy atom. The monoisotopic (exact) mass is 290 g/mol. The van der Waals surface area contributed by atoms with Crippen LogP contribution in [0.2, 0.25) is 0 Å². The molecule has 114 valence electrons. The number of anilines is 1. The van der Waals surface area contributed by atoms with E-state index in [9.17, 15) is 9.59 Å². The van der Waals surface area contributed by atoms with Crippen LogP contribution in [-0.4, -0.2) is 34.6 Å². The quantitative estimate of drug-likeness (QED) is 0.875. The molecule has 2 rings (SSSR count). The summed E-state index contributed by atoms with van der Waals surface area (Å²) in [7, 11) is 0. The summed E-state index contributed by atoms with van der Waals surface area (Å²) in [6, 6.07) is 7.24. The normalized spacial score (nSPS) is 14.9. The van der Waals surface area contributed by atoms with Crippen molar-refractivity contribution in [2.24, 2.45) is 0 Å². The van der Waals surface area contributed by atoms with Gasteiger partial charge in [-0.3, -0.25) is 4.79 Å². The van der Waals surface area contributed by atoms with Gasteiger partial charge in [0.15, 0.2) is 0 Å². The summed E-state index contributed by atoms with van der Waals surface area (Å²) in [4.78, 5) is 24.8. The molecular weight excluding hydrogens is 268 g/mol. The Kier molecular flexibility index (Phi) is 5.20. The van der Waals surface area contributed by atoms with Gasteiger partial charge in [-0.15, -0.1) is 0 Å². The fourth-order valence-electron chi connectivity index (χ4n) is 2.86. The van der Waals surface area contributed by atoms with Crippen molar-refractivity contribution < 1.29 is 14.7 Å². The first-order valence-corrected chi connectivity index (χ1v) is 7.48. The van der Waals surface area contributed by atoms with E-state index >= 15 is 0 Å². The lowest BCUT2D eigenvalue weighted by Crippen LogP contribution is -2.41. The number of aliphatic carboxylic acids is 1. The summed E-state index contributed by atoms with van der Waals surface area (Å²) >= 11 is 0. The maximum Gasteiger partial charge on any atom is 0.322 e. The van der Waals surface area contributed by atoms with Crippen LogP contribution in [0.5, 0.6) is 0 Å². The molecule has 1 aliphatic carbocycles. The Morgan fingerprint density at radius 2 is 1.86 bits per heavy atom. The van der Waals surface area contributed by atoms with E-state index in [0.717, 1.165) is 18.4 Å². The number of urea groups is 1. The SMILES string of the molecule is CCN(C(=O)Nc1ccc(CC(=O)O)cc1)C1CCCC1. The number of carboxylic acid groups (broad SMARTS) is 1. The molecule has 0 radical (unpaired) electrons. The number of benzene rings is 1. The average Bonchev–Trinajstić information content (AvgIpc) is 2.95. The molecule has 0 heterocycles. The van der Waals surface area contributed by atoms with Crippen LogP contribution in [0, 0.1) is 0 Å². The van der Waals surface area contributed by atoms with Gasteiger partial charge >= 0.3 is 12.0 Å².